The van der Waals surface area contributed by atoms with Gasteiger partial charge in [-0.25, -0.2) is 0 Å². The van der Waals surface area contributed by atoms with E-state index in [1.807, 2.05) is 9.80 Å². The van der Waals surface area contributed by atoms with Crippen molar-refractivity contribution in [2.24, 2.45) is 10.8 Å². The number of methoxy groups -OCH3 is 2. The zero-order chi connectivity index (χ0) is 25.9. The summed E-state index contributed by atoms with van der Waals surface area (Å²) >= 11 is 0. The van der Waals surface area contributed by atoms with E-state index in [1.54, 1.807) is 62.8 Å². The van der Waals surface area contributed by atoms with Crippen molar-refractivity contribution in [1.82, 2.24) is 9.80 Å². The summed E-state index contributed by atoms with van der Waals surface area (Å²) < 4.78 is 10.5. The van der Waals surface area contributed by atoms with Crippen LogP contribution in [0.4, 0.5) is 0 Å². The minimum Gasteiger partial charge on any atom is -0.497 e. The molecule has 192 valence electrons. The summed E-state index contributed by atoms with van der Waals surface area (Å²) in [7, 11) is 3.19. The molecule has 0 atom stereocenters. The maximum absolute atomic E-state index is 14.1. The number of ketones is 1. The van der Waals surface area contributed by atoms with Crippen LogP contribution in [0.15, 0.2) is 48.5 Å². The van der Waals surface area contributed by atoms with Gasteiger partial charge >= 0.3 is 0 Å². The van der Waals surface area contributed by atoms with Crippen LogP contribution in [0.25, 0.3) is 0 Å². The monoisotopic (exact) mass is 492 g/mol. The SMILES string of the molecule is CCCC12CN(C(=O)c3ccc(OC)cc3)CC(CCC)(CN(C(=O)c3ccc(OC)cc3)C1)C2=O. The topological polar surface area (TPSA) is 76.2 Å². The molecule has 2 aromatic carbocycles. The minimum atomic E-state index is -0.773. The molecule has 2 amide bonds. The van der Waals surface area contributed by atoms with E-state index in [-0.39, 0.29) is 17.6 Å². The zero-order valence-corrected chi connectivity index (χ0v) is 21.7. The third kappa shape index (κ3) is 4.59. The standard InChI is InChI=1S/C29H36N2O5/c1-5-15-28-17-30(25(32)21-7-11-23(35-3)12-8-21)19-29(16-6-2,27(28)34)20-31(18-28)26(33)22-9-13-24(36-4)14-10-22/h7-14H,5-6,15-20H2,1-4H3. The van der Waals surface area contributed by atoms with Crippen LogP contribution >= 0.6 is 0 Å². The van der Waals surface area contributed by atoms with Crippen molar-refractivity contribution in [2.45, 2.75) is 39.5 Å². The predicted octanol–water partition coefficient (Wildman–Crippen LogP) is 4.46. The van der Waals surface area contributed by atoms with Crippen molar-refractivity contribution >= 4 is 17.6 Å². The molecule has 7 nitrogen and oxygen atoms in total. The van der Waals surface area contributed by atoms with E-state index in [2.05, 4.69) is 13.8 Å². The Morgan fingerprint density at radius 1 is 0.694 bits per heavy atom. The highest BCUT2D eigenvalue weighted by molar-refractivity contribution is 6.01. The molecule has 0 spiro atoms. The van der Waals surface area contributed by atoms with Crippen molar-refractivity contribution in [3.8, 4) is 11.5 Å². The Balaban J connectivity index is 1.68. The number of fused-ring (bicyclic) bond motifs is 2. The molecule has 2 saturated heterocycles. The molecule has 2 heterocycles. The normalized spacial score (nSPS) is 23.4. The Bertz CT molecular complexity index is 1010. The molecule has 2 aliphatic heterocycles. The Morgan fingerprint density at radius 2 is 1.03 bits per heavy atom. The number of carbonyl (C=O) groups is 3. The number of hydrogen-bond acceptors (Lipinski definition) is 5. The van der Waals surface area contributed by atoms with Gasteiger partial charge in [0.05, 0.1) is 25.0 Å². The van der Waals surface area contributed by atoms with E-state index < -0.39 is 10.8 Å². The average molecular weight is 493 g/mol. The van der Waals surface area contributed by atoms with Gasteiger partial charge in [0.2, 0.25) is 0 Å². The molecule has 2 fully saturated rings. The molecule has 0 aliphatic carbocycles. The van der Waals surface area contributed by atoms with Gasteiger partial charge in [-0.3, -0.25) is 14.4 Å². The van der Waals surface area contributed by atoms with Crippen LogP contribution in [0.2, 0.25) is 0 Å². The van der Waals surface area contributed by atoms with Gasteiger partial charge in [-0.05, 0) is 61.4 Å². The first-order valence-corrected chi connectivity index (χ1v) is 12.7. The Morgan fingerprint density at radius 3 is 1.31 bits per heavy atom. The van der Waals surface area contributed by atoms with Gasteiger partial charge in [-0.2, -0.15) is 0 Å². The van der Waals surface area contributed by atoms with E-state index in [1.165, 1.54) is 0 Å². The van der Waals surface area contributed by atoms with Gasteiger partial charge in [0.1, 0.15) is 11.5 Å². The van der Waals surface area contributed by atoms with E-state index in [4.69, 9.17) is 9.47 Å². The summed E-state index contributed by atoms with van der Waals surface area (Å²) in [5, 5.41) is 0. The molecule has 0 saturated carbocycles. The molecule has 36 heavy (non-hydrogen) atoms. The molecule has 0 aromatic heterocycles. The first kappa shape index (κ1) is 25.7. The van der Waals surface area contributed by atoms with E-state index in [0.29, 0.717) is 61.6 Å². The molecule has 2 bridgehead atoms. The molecule has 0 N–H and O–H groups in total. The minimum absolute atomic E-state index is 0.0824. The number of nitrogens with zero attached hydrogens (tertiary/aromatic N) is 2. The maximum Gasteiger partial charge on any atom is 0.253 e. The third-order valence-electron chi connectivity index (χ3n) is 7.64. The summed E-state index contributed by atoms with van der Waals surface area (Å²) in [4.78, 5) is 45.0. The number of likely N-dealkylation sites (tertiary alicyclic amines) is 2. The number of carbonyl (C=O) groups excluding carboxylic acids is 3. The number of amides is 2. The second kappa shape index (κ2) is 10.3. The first-order chi connectivity index (χ1) is 17.3. The fraction of sp³-hybridized carbons (Fsp3) is 0.483. The lowest BCUT2D eigenvalue weighted by Gasteiger charge is -2.57. The number of ether oxygens (including phenoxy) is 2. The first-order valence-electron chi connectivity index (χ1n) is 12.7. The Labute approximate surface area is 213 Å². The highest BCUT2D eigenvalue weighted by Gasteiger charge is 2.60. The molecule has 2 aromatic rings. The van der Waals surface area contributed by atoms with Gasteiger partial charge in [0.25, 0.3) is 11.8 Å². The highest BCUT2D eigenvalue weighted by atomic mass is 16.5. The second-order valence-corrected chi connectivity index (χ2v) is 10.2. The van der Waals surface area contributed by atoms with Crippen LogP contribution in [0.1, 0.15) is 60.2 Å². The van der Waals surface area contributed by atoms with Crippen molar-refractivity contribution in [2.75, 3.05) is 40.4 Å². The molecule has 7 heteroatoms. The van der Waals surface area contributed by atoms with Gasteiger partial charge in [0, 0.05) is 37.3 Å². The van der Waals surface area contributed by atoms with Crippen molar-refractivity contribution < 1.29 is 23.9 Å². The Hall–Kier alpha value is -3.35. The van der Waals surface area contributed by atoms with E-state index >= 15 is 0 Å². The van der Waals surface area contributed by atoms with Gasteiger partial charge in [0.15, 0.2) is 5.78 Å². The summed E-state index contributed by atoms with van der Waals surface area (Å²) in [6.45, 7) is 5.39. The fourth-order valence-corrected chi connectivity index (χ4v) is 6.14. The van der Waals surface area contributed by atoms with Crippen LogP contribution < -0.4 is 9.47 Å². The molecular formula is C29H36N2O5. The lowest BCUT2D eigenvalue weighted by Crippen LogP contribution is -2.71. The zero-order valence-electron chi connectivity index (χ0n) is 21.7. The van der Waals surface area contributed by atoms with E-state index in [9.17, 15) is 14.4 Å². The van der Waals surface area contributed by atoms with Gasteiger partial charge in [-0.15, -0.1) is 0 Å². The van der Waals surface area contributed by atoms with Crippen LogP contribution in [0.3, 0.4) is 0 Å². The summed E-state index contributed by atoms with van der Waals surface area (Å²) in [5.41, 5.74) is -0.393. The maximum atomic E-state index is 14.1. The number of rotatable bonds is 8. The number of piperidine rings is 2. The Kier molecular flexibility index (Phi) is 7.38. The largest absolute Gasteiger partial charge is 0.497 e. The fourth-order valence-electron chi connectivity index (χ4n) is 6.14. The van der Waals surface area contributed by atoms with E-state index in [0.717, 1.165) is 12.8 Å². The predicted molar refractivity (Wildman–Crippen MR) is 137 cm³/mol. The molecule has 4 rings (SSSR count). The highest BCUT2D eigenvalue weighted by Crippen LogP contribution is 2.48. The molecular weight excluding hydrogens is 456 g/mol. The summed E-state index contributed by atoms with van der Waals surface area (Å²) in [5.74, 6) is 1.43. The molecule has 0 unspecified atom stereocenters. The van der Waals surface area contributed by atoms with Crippen LogP contribution in [-0.4, -0.2) is 67.8 Å². The summed E-state index contributed by atoms with van der Waals surface area (Å²) in [6, 6.07) is 14.2. The van der Waals surface area contributed by atoms with Crippen LogP contribution in [0, 0.1) is 10.8 Å². The van der Waals surface area contributed by atoms with Crippen molar-refractivity contribution in [3.63, 3.8) is 0 Å². The summed E-state index contributed by atoms with van der Waals surface area (Å²) in [6.07, 6.45) is 2.86. The van der Waals surface area contributed by atoms with Crippen molar-refractivity contribution in [3.05, 3.63) is 59.7 Å². The molecule has 2 aliphatic rings. The van der Waals surface area contributed by atoms with Crippen molar-refractivity contribution in [1.29, 1.82) is 0 Å². The van der Waals surface area contributed by atoms with Gasteiger partial charge < -0.3 is 19.3 Å². The van der Waals surface area contributed by atoms with Gasteiger partial charge in [-0.1, -0.05) is 26.7 Å². The average Bonchev–Trinajstić information content (AvgIpc) is 2.89. The third-order valence-corrected chi connectivity index (χ3v) is 7.64. The number of benzene rings is 2. The molecule has 0 radical (unpaired) electrons. The number of Topliss-reactive ketones (excluding diaryl/α,β-unsaturated/α-hetero) is 1. The smallest absolute Gasteiger partial charge is 0.253 e. The number of hydrogen-bond donors (Lipinski definition) is 0. The lowest BCUT2D eigenvalue weighted by molar-refractivity contribution is -0.158. The van der Waals surface area contributed by atoms with Crippen LogP contribution in [0.5, 0.6) is 11.5 Å². The quantitative estimate of drug-likeness (QED) is 0.544. The van der Waals surface area contributed by atoms with Crippen LogP contribution in [-0.2, 0) is 4.79 Å². The lowest BCUT2D eigenvalue weighted by atomic mass is 9.59. The second-order valence-electron chi connectivity index (χ2n) is 10.2.